The number of rotatable bonds is 3. The average Bonchev–Trinajstić information content (AvgIpc) is 2.38. The number of morpholine rings is 1. The van der Waals surface area contributed by atoms with Crippen LogP contribution in [-0.2, 0) is 4.74 Å². The van der Waals surface area contributed by atoms with Crippen molar-refractivity contribution in [3.8, 4) is 0 Å². The quantitative estimate of drug-likeness (QED) is 0.537. The summed E-state index contributed by atoms with van der Waals surface area (Å²) in [5, 5.41) is 16.6. The number of anilines is 1. The Labute approximate surface area is 107 Å². The summed E-state index contributed by atoms with van der Waals surface area (Å²) in [5.74, 6) is 0.0919. The molecule has 1 aliphatic rings. The van der Waals surface area contributed by atoms with Crippen LogP contribution >= 0.6 is 0 Å². The van der Waals surface area contributed by atoms with Crippen LogP contribution in [0.2, 0.25) is 0 Å². The van der Waals surface area contributed by atoms with Gasteiger partial charge in [-0.15, -0.1) is 0 Å². The summed E-state index contributed by atoms with van der Waals surface area (Å²) < 4.78 is 5.43. The van der Waals surface area contributed by atoms with Crippen LogP contribution < -0.4 is 10.6 Å². The van der Waals surface area contributed by atoms with Crippen molar-refractivity contribution in [1.82, 2.24) is 0 Å². The maximum Gasteiger partial charge on any atom is 0.123 e. The van der Waals surface area contributed by atoms with Gasteiger partial charge in [0.05, 0.1) is 19.3 Å². The van der Waals surface area contributed by atoms with Gasteiger partial charge in [-0.3, -0.25) is 5.41 Å². The van der Waals surface area contributed by atoms with E-state index in [0.717, 1.165) is 23.4 Å². The normalized spacial score (nSPS) is 19.9. The highest BCUT2D eigenvalue weighted by Gasteiger charge is 2.20. The zero-order valence-corrected chi connectivity index (χ0v) is 10.5. The predicted octanol–water partition coefficient (Wildman–Crippen LogP) is 0.477. The maximum atomic E-state index is 9.13. The third-order valence-electron chi connectivity index (χ3n) is 3.21. The number of hydrogen-bond acceptors (Lipinski definition) is 4. The van der Waals surface area contributed by atoms with E-state index in [4.69, 9.17) is 21.0 Å². The molecule has 18 heavy (non-hydrogen) atoms. The van der Waals surface area contributed by atoms with Crippen molar-refractivity contribution in [2.24, 2.45) is 5.73 Å². The number of hydrogen-bond donors (Lipinski definition) is 3. The number of nitrogens with zero attached hydrogens (tertiary/aromatic N) is 1. The molecule has 1 aliphatic heterocycles. The van der Waals surface area contributed by atoms with E-state index in [0.29, 0.717) is 13.2 Å². The summed E-state index contributed by atoms with van der Waals surface area (Å²) in [4.78, 5) is 2.18. The van der Waals surface area contributed by atoms with Gasteiger partial charge in [-0.1, -0.05) is 0 Å². The largest absolute Gasteiger partial charge is 0.394 e. The fourth-order valence-corrected chi connectivity index (χ4v) is 2.21. The van der Waals surface area contributed by atoms with Crippen molar-refractivity contribution < 1.29 is 9.84 Å². The highest BCUT2D eigenvalue weighted by atomic mass is 16.5. The van der Waals surface area contributed by atoms with E-state index in [1.54, 1.807) is 0 Å². The van der Waals surface area contributed by atoms with Crippen molar-refractivity contribution in [3.05, 3.63) is 29.3 Å². The fraction of sp³-hybridized carbons (Fsp3) is 0.462. The Balaban J connectivity index is 2.18. The number of benzene rings is 1. The maximum absolute atomic E-state index is 9.13. The molecule has 0 saturated carbocycles. The molecule has 5 heteroatoms. The Hall–Kier alpha value is -1.59. The number of aliphatic hydroxyl groups is 1. The van der Waals surface area contributed by atoms with E-state index in [1.165, 1.54) is 0 Å². The van der Waals surface area contributed by atoms with E-state index in [9.17, 15) is 0 Å². The lowest BCUT2D eigenvalue weighted by atomic mass is 10.1. The molecule has 2 rings (SSSR count). The molecule has 1 heterocycles. The van der Waals surface area contributed by atoms with Gasteiger partial charge >= 0.3 is 0 Å². The second-order valence-corrected chi connectivity index (χ2v) is 4.53. The molecular formula is C13H19N3O2. The van der Waals surface area contributed by atoms with E-state index >= 15 is 0 Å². The smallest absolute Gasteiger partial charge is 0.123 e. The molecule has 1 fully saturated rings. The number of ether oxygens (including phenoxy) is 1. The number of nitrogens with two attached hydrogens (primary N) is 1. The summed E-state index contributed by atoms with van der Waals surface area (Å²) in [6.07, 6.45) is -0.119. The van der Waals surface area contributed by atoms with Gasteiger partial charge in [0.15, 0.2) is 0 Å². The summed E-state index contributed by atoms with van der Waals surface area (Å²) in [6.45, 7) is 4.12. The monoisotopic (exact) mass is 249 g/mol. The highest BCUT2D eigenvalue weighted by molar-refractivity contribution is 5.96. The van der Waals surface area contributed by atoms with E-state index in [1.807, 2.05) is 25.1 Å². The van der Waals surface area contributed by atoms with Crippen LogP contribution in [0.4, 0.5) is 5.69 Å². The van der Waals surface area contributed by atoms with Crippen molar-refractivity contribution in [3.63, 3.8) is 0 Å². The first-order chi connectivity index (χ1) is 8.61. The molecule has 0 aromatic heterocycles. The van der Waals surface area contributed by atoms with E-state index in [2.05, 4.69) is 4.90 Å². The lowest BCUT2D eigenvalue weighted by Crippen LogP contribution is -2.44. The Kier molecular flexibility index (Phi) is 3.84. The van der Waals surface area contributed by atoms with E-state index < -0.39 is 0 Å². The summed E-state index contributed by atoms with van der Waals surface area (Å²) in [6, 6.07) is 5.86. The minimum atomic E-state index is -0.119. The van der Waals surface area contributed by atoms with Gasteiger partial charge in [-0.2, -0.15) is 0 Å². The second kappa shape index (κ2) is 5.37. The van der Waals surface area contributed by atoms with Crippen LogP contribution in [0.3, 0.4) is 0 Å². The number of nitrogens with one attached hydrogen (secondary N) is 1. The molecule has 1 aromatic carbocycles. The van der Waals surface area contributed by atoms with Crippen LogP contribution in [0.15, 0.2) is 18.2 Å². The van der Waals surface area contributed by atoms with Crippen LogP contribution in [0.1, 0.15) is 11.1 Å². The third-order valence-corrected chi connectivity index (χ3v) is 3.21. The molecule has 0 bridgehead atoms. The lowest BCUT2D eigenvalue weighted by Gasteiger charge is -2.34. The SMILES string of the molecule is Cc1cc(N2CCOC(CO)C2)ccc1C(=N)N. The van der Waals surface area contributed by atoms with Gasteiger partial charge in [-0.05, 0) is 30.7 Å². The molecule has 4 N–H and O–H groups in total. The van der Waals surface area contributed by atoms with Crippen LogP contribution in [0.5, 0.6) is 0 Å². The average molecular weight is 249 g/mol. The highest BCUT2D eigenvalue weighted by Crippen LogP contribution is 2.21. The number of aryl methyl sites for hydroxylation is 1. The van der Waals surface area contributed by atoms with Gasteiger partial charge in [-0.25, -0.2) is 0 Å². The number of amidine groups is 1. The Morgan fingerprint density at radius 3 is 3.00 bits per heavy atom. The van der Waals surface area contributed by atoms with Gasteiger partial charge in [0, 0.05) is 24.3 Å². The second-order valence-electron chi connectivity index (χ2n) is 4.53. The summed E-state index contributed by atoms with van der Waals surface area (Å²) in [7, 11) is 0. The molecule has 5 nitrogen and oxygen atoms in total. The molecule has 0 radical (unpaired) electrons. The molecule has 0 aliphatic carbocycles. The van der Waals surface area contributed by atoms with Gasteiger partial charge in [0.25, 0.3) is 0 Å². The van der Waals surface area contributed by atoms with Crippen molar-refractivity contribution in [2.45, 2.75) is 13.0 Å². The topological polar surface area (TPSA) is 82.6 Å². The lowest BCUT2D eigenvalue weighted by molar-refractivity contribution is 0.00356. The molecule has 1 unspecified atom stereocenters. The van der Waals surface area contributed by atoms with Crippen LogP contribution in [-0.4, -0.2) is 43.3 Å². The molecule has 1 atom stereocenters. The zero-order chi connectivity index (χ0) is 13.1. The predicted molar refractivity (Wildman–Crippen MR) is 71.2 cm³/mol. The molecule has 1 aromatic rings. The first-order valence-corrected chi connectivity index (χ1v) is 6.04. The van der Waals surface area contributed by atoms with Crippen molar-refractivity contribution in [1.29, 1.82) is 5.41 Å². The minimum Gasteiger partial charge on any atom is -0.394 e. The van der Waals surface area contributed by atoms with E-state index in [-0.39, 0.29) is 18.5 Å². The van der Waals surface area contributed by atoms with Gasteiger partial charge in [0.1, 0.15) is 5.84 Å². The van der Waals surface area contributed by atoms with Crippen molar-refractivity contribution >= 4 is 11.5 Å². The Bertz CT molecular complexity index is 448. The fourth-order valence-electron chi connectivity index (χ4n) is 2.21. The molecule has 0 amide bonds. The molecule has 98 valence electrons. The van der Waals surface area contributed by atoms with Crippen LogP contribution in [0, 0.1) is 12.3 Å². The summed E-state index contributed by atoms with van der Waals surface area (Å²) >= 11 is 0. The minimum absolute atomic E-state index is 0.0427. The third kappa shape index (κ3) is 2.63. The first-order valence-electron chi connectivity index (χ1n) is 6.04. The first kappa shape index (κ1) is 12.9. The summed E-state index contributed by atoms with van der Waals surface area (Å²) in [5.41, 5.74) is 8.35. The zero-order valence-electron chi connectivity index (χ0n) is 10.5. The Morgan fingerprint density at radius 1 is 1.61 bits per heavy atom. The number of aliphatic hydroxyl groups excluding tert-OH is 1. The van der Waals surface area contributed by atoms with Crippen molar-refractivity contribution in [2.75, 3.05) is 31.2 Å². The van der Waals surface area contributed by atoms with Gasteiger partial charge < -0.3 is 20.5 Å². The molecule has 0 spiro atoms. The Morgan fingerprint density at radius 2 is 2.39 bits per heavy atom. The van der Waals surface area contributed by atoms with Crippen LogP contribution in [0.25, 0.3) is 0 Å². The molecule has 1 saturated heterocycles. The number of nitrogen functional groups attached to an aromatic ring is 1. The van der Waals surface area contributed by atoms with Gasteiger partial charge in [0.2, 0.25) is 0 Å². The standard InChI is InChI=1S/C13H19N3O2/c1-9-6-10(2-3-12(9)13(14)15)16-4-5-18-11(7-16)8-17/h2-3,6,11,17H,4-5,7-8H2,1H3,(H3,14,15). The molecular weight excluding hydrogens is 230 g/mol.